The summed E-state index contributed by atoms with van der Waals surface area (Å²) in [5.74, 6) is -0.228. The van der Waals surface area contributed by atoms with E-state index in [0.717, 1.165) is 10.0 Å². The molecular weight excluding hydrogens is 406 g/mol. The van der Waals surface area contributed by atoms with Crippen molar-refractivity contribution in [1.29, 1.82) is 0 Å². The Morgan fingerprint density at radius 2 is 1.84 bits per heavy atom. The number of aromatic nitrogens is 2. The van der Waals surface area contributed by atoms with Gasteiger partial charge in [0.15, 0.2) is 9.84 Å². The van der Waals surface area contributed by atoms with Crippen LogP contribution in [0.4, 0.5) is 5.82 Å². The van der Waals surface area contributed by atoms with E-state index in [1.54, 1.807) is 32.2 Å². The molecule has 2 rings (SSSR count). The van der Waals surface area contributed by atoms with Crippen LogP contribution in [-0.2, 0) is 21.7 Å². The standard InChI is InChI=1S/C17H20BrN3O3S/c1-11(2)14-10-15(21(5)20-14)19-16(22)17(3,4)25(23,24)13-8-6-12(18)7-9-13/h6-10H,1H2,2-5H3,(H,19,22). The molecule has 0 saturated carbocycles. The summed E-state index contributed by atoms with van der Waals surface area (Å²) in [6.45, 7) is 8.38. The highest BCUT2D eigenvalue weighted by atomic mass is 79.9. The number of hydrogen-bond donors (Lipinski definition) is 1. The average Bonchev–Trinajstić information content (AvgIpc) is 2.88. The zero-order valence-corrected chi connectivity index (χ0v) is 16.9. The number of nitrogens with zero attached hydrogens (tertiary/aromatic N) is 2. The van der Waals surface area contributed by atoms with Crippen LogP contribution in [0.5, 0.6) is 0 Å². The van der Waals surface area contributed by atoms with Crippen molar-refractivity contribution in [1.82, 2.24) is 9.78 Å². The van der Waals surface area contributed by atoms with Crippen molar-refractivity contribution in [2.45, 2.75) is 30.4 Å². The van der Waals surface area contributed by atoms with Crippen LogP contribution in [-0.4, -0.2) is 28.9 Å². The van der Waals surface area contributed by atoms with Crippen LogP contribution in [0.3, 0.4) is 0 Å². The summed E-state index contributed by atoms with van der Waals surface area (Å²) in [6, 6.07) is 7.85. The molecule has 25 heavy (non-hydrogen) atoms. The highest BCUT2D eigenvalue weighted by Crippen LogP contribution is 2.28. The van der Waals surface area contributed by atoms with E-state index in [9.17, 15) is 13.2 Å². The zero-order valence-electron chi connectivity index (χ0n) is 14.5. The van der Waals surface area contributed by atoms with Gasteiger partial charge in [-0.25, -0.2) is 8.42 Å². The van der Waals surface area contributed by atoms with Gasteiger partial charge in [-0.1, -0.05) is 22.5 Å². The Kier molecular flexibility index (Phi) is 5.24. The van der Waals surface area contributed by atoms with Crippen LogP contribution in [0.2, 0.25) is 0 Å². The van der Waals surface area contributed by atoms with Crippen LogP contribution in [0, 0.1) is 0 Å². The van der Waals surface area contributed by atoms with Crippen molar-refractivity contribution in [3.05, 3.63) is 47.1 Å². The Balaban J connectivity index is 2.33. The van der Waals surface area contributed by atoms with Gasteiger partial charge in [-0.2, -0.15) is 5.10 Å². The molecule has 0 fully saturated rings. The van der Waals surface area contributed by atoms with Gasteiger partial charge in [-0.15, -0.1) is 0 Å². The fourth-order valence-corrected chi connectivity index (χ4v) is 3.73. The first-order valence-electron chi connectivity index (χ1n) is 7.48. The number of carbonyl (C=O) groups is 1. The van der Waals surface area contributed by atoms with E-state index in [1.165, 1.54) is 30.7 Å². The first-order valence-corrected chi connectivity index (χ1v) is 9.76. The molecule has 0 aliphatic rings. The highest BCUT2D eigenvalue weighted by Gasteiger charge is 2.43. The Morgan fingerprint density at radius 1 is 1.28 bits per heavy atom. The molecule has 6 nitrogen and oxygen atoms in total. The smallest absolute Gasteiger partial charge is 0.246 e. The Morgan fingerprint density at radius 3 is 2.32 bits per heavy atom. The molecule has 0 aliphatic heterocycles. The van der Waals surface area contributed by atoms with Gasteiger partial charge in [0, 0.05) is 17.6 Å². The number of hydrogen-bond acceptors (Lipinski definition) is 4. The summed E-state index contributed by atoms with van der Waals surface area (Å²) < 4.78 is 26.3. The summed E-state index contributed by atoms with van der Waals surface area (Å²) in [7, 11) is -2.21. The summed E-state index contributed by atoms with van der Waals surface area (Å²) >= 11 is 3.27. The van der Waals surface area contributed by atoms with Crippen LogP contribution >= 0.6 is 15.9 Å². The lowest BCUT2D eigenvalue weighted by atomic mass is 10.2. The average molecular weight is 426 g/mol. The number of allylic oxidation sites excluding steroid dienone is 1. The maximum atomic E-state index is 12.9. The molecule has 1 amide bonds. The van der Waals surface area contributed by atoms with Crippen LogP contribution in [0.15, 0.2) is 46.3 Å². The van der Waals surface area contributed by atoms with Crippen LogP contribution in [0.25, 0.3) is 5.57 Å². The maximum Gasteiger partial charge on any atom is 0.246 e. The Labute approximate surface area is 156 Å². The normalized spacial score (nSPS) is 12.0. The first kappa shape index (κ1) is 19.4. The van der Waals surface area contributed by atoms with Gasteiger partial charge in [0.1, 0.15) is 10.6 Å². The number of anilines is 1. The second kappa shape index (κ2) is 6.76. The molecule has 0 aliphatic carbocycles. The minimum absolute atomic E-state index is 0.0866. The van der Waals surface area contributed by atoms with E-state index >= 15 is 0 Å². The van der Waals surface area contributed by atoms with E-state index in [2.05, 4.69) is 32.9 Å². The van der Waals surface area contributed by atoms with Crippen molar-refractivity contribution in [3.63, 3.8) is 0 Å². The lowest BCUT2D eigenvalue weighted by Gasteiger charge is -2.23. The van der Waals surface area contributed by atoms with Gasteiger partial charge in [0.2, 0.25) is 5.91 Å². The molecule has 8 heteroatoms. The van der Waals surface area contributed by atoms with E-state index in [4.69, 9.17) is 0 Å². The van der Waals surface area contributed by atoms with Gasteiger partial charge >= 0.3 is 0 Å². The van der Waals surface area contributed by atoms with E-state index in [1.807, 2.05) is 0 Å². The third-order valence-corrected chi connectivity index (χ3v) is 6.85. The van der Waals surface area contributed by atoms with Crippen molar-refractivity contribution in [2.75, 3.05) is 5.32 Å². The minimum atomic E-state index is -3.88. The minimum Gasteiger partial charge on any atom is -0.310 e. The number of rotatable bonds is 5. The molecule has 2 aromatic rings. The SMILES string of the molecule is C=C(C)c1cc(NC(=O)C(C)(C)S(=O)(=O)c2ccc(Br)cc2)n(C)n1. The van der Waals surface area contributed by atoms with Gasteiger partial charge in [-0.3, -0.25) is 9.48 Å². The summed E-state index contributed by atoms with van der Waals surface area (Å²) in [6.07, 6.45) is 0. The number of halogens is 1. The molecule has 1 aromatic heterocycles. The predicted molar refractivity (Wildman–Crippen MR) is 102 cm³/mol. The summed E-state index contributed by atoms with van der Waals surface area (Å²) in [4.78, 5) is 12.8. The first-order chi connectivity index (χ1) is 11.5. The molecule has 1 aromatic carbocycles. The molecule has 134 valence electrons. The van der Waals surface area contributed by atoms with Gasteiger partial charge < -0.3 is 5.32 Å². The largest absolute Gasteiger partial charge is 0.310 e. The second-order valence-electron chi connectivity index (χ2n) is 6.24. The number of amides is 1. The molecule has 1 N–H and O–H groups in total. The molecular formula is C17H20BrN3O3S. The third-order valence-electron chi connectivity index (χ3n) is 3.90. The summed E-state index contributed by atoms with van der Waals surface area (Å²) in [5.41, 5.74) is 1.38. The molecule has 0 saturated heterocycles. The second-order valence-corrected chi connectivity index (χ2v) is 9.66. The summed E-state index contributed by atoms with van der Waals surface area (Å²) in [5, 5.41) is 6.87. The van der Waals surface area contributed by atoms with Crippen molar-refractivity contribution in [2.24, 2.45) is 7.05 Å². The number of nitrogens with one attached hydrogen (secondary N) is 1. The van der Waals surface area contributed by atoms with Crippen molar-refractivity contribution in [3.8, 4) is 0 Å². The zero-order chi connectivity index (χ0) is 19.0. The van der Waals surface area contributed by atoms with E-state index < -0.39 is 20.5 Å². The van der Waals surface area contributed by atoms with E-state index in [0.29, 0.717) is 11.5 Å². The monoisotopic (exact) mass is 425 g/mol. The number of sulfone groups is 1. The molecule has 0 spiro atoms. The van der Waals surface area contributed by atoms with Gasteiger partial charge in [0.25, 0.3) is 0 Å². The molecule has 0 atom stereocenters. The highest BCUT2D eigenvalue weighted by molar-refractivity contribution is 9.10. The number of carbonyl (C=O) groups excluding carboxylic acids is 1. The Hall–Kier alpha value is -1.93. The predicted octanol–water partition coefficient (Wildman–Crippen LogP) is 3.41. The number of benzene rings is 1. The lowest BCUT2D eigenvalue weighted by Crippen LogP contribution is -2.44. The Bertz CT molecular complexity index is 929. The fraction of sp³-hybridized carbons (Fsp3) is 0.294. The van der Waals surface area contributed by atoms with Gasteiger partial charge in [-0.05, 0) is 50.6 Å². The fourth-order valence-electron chi connectivity index (χ4n) is 2.09. The molecule has 0 radical (unpaired) electrons. The van der Waals surface area contributed by atoms with Crippen LogP contribution < -0.4 is 5.32 Å². The number of aryl methyl sites for hydroxylation is 1. The van der Waals surface area contributed by atoms with E-state index in [-0.39, 0.29) is 4.90 Å². The van der Waals surface area contributed by atoms with Crippen LogP contribution in [0.1, 0.15) is 26.5 Å². The topological polar surface area (TPSA) is 81.1 Å². The lowest BCUT2D eigenvalue weighted by molar-refractivity contribution is -0.117. The maximum absolute atomic E-state index is 12.9. The molecule has 0 bridgehead atoms. The van der Waals surface area contributed by atoms with Gasteiger partial charge in [0.05, 0.1) is 10.6 Å². The quantitative estimate of drug-likeness (QED) is 0.795. The van der Waals surface area contributed by atoms with Crippen molar-refractivity contribution < 1.29 is 13.2 Å². The third kappa shape index (κ3) is 3.69. The van der Waals surface area contributed by atoms with Crippen molar-refractivity contribution >= 4 is 43.1 Å². The molecule has 1 heterocycles. The molecule has 0 unspecified atom stereocenters.